The van der Waals surface area contributed by atoms with Gasteiger partial charge in [-0.15, -0.1) is 0 Å². The number of carbonyl (C=O) groups excluding carboxylic acids is 1. The summed E-state index contributed by atoms with van der Waals surface area (Å²) >= 11 is 0. The van der Waals surface area contributed by atoms with Gasteiger partial charge in [0.05, 0.1) is 25.9 Å². The van der Waals surface area contributed by atoms with Crippen molar-refractivity contribution in [1.29, 1.82) is 0 Å². The molecular formula is C15H21NO4. The third kappa shape index (κ3) is 3.49. The molecule has 1 saturated heterocycles. The van der Waals surface area contributed by atoms with Crippen molar-refractivity contribution in [1.82, 2.24) is 4.90 Å². The van der Waals surface area contributed by atoms with Crippen molar-refractivity contribution in [3.63, 3.8) is 0 Å². The lowest BCUT2D eigenvalue weighted by Crippen LogP contribution is -2.54. The van der Waals surface area contributed by atoms with Gasteiger partial charge in [0.15, 0.2) is 6.10 Å². The molecule has 5 nitrogen and oxygen atoms in total. The summed E-state index contributed by atoms with van der Waals surface area (Å²) in [5.41, 5.74) is 0. The number of nitrogens with zero attached hydrogens (tertiary/aromatic N) is 1. The predicted molar refractivity (Wildman–Crippen MR) is 74.6 cm³/mol. The molecule has 2 atom stereocenters. The summed E-state index contributed by atoms with van der Waals surface area (Å²) in [5.74, 6) is 0.597. The first-order chi connectivity index (χ1) is 9.76. The zero-order chi connectivity index (χ0) is 14.4. The summed E-state index contributed by atoms with van der Waals surface area (Å²) in [6, 6.07) is 9.04. The minimum absolute atomic E-state index is 0.0845. The summed E-state index contributed by atoms with van der Waals surface area (Å²) < 4.78 is 11.0. The number of carbonyl (C=O) groups is 1. The van der Waals surface area contributed by atoms with Crippen molar-refractivity contribution >= 4 is 5.91 Å². The van der Waals surface area contributed by atoms with Gasteiger partial charge in [-0.3, -0.25) is 4.79 Å². The molecule has 0 aromatic heterocycles. The zero-order valence-corrected chi connectivity index (χ0v) is 11.7. The lowest BCUT2D eigenvalue weighted by Gasteiger charge is -2.36. The molecule has 0 spiro atoms. The number of amides is 1. The van der Waals surface area contributed by atoms with Gasteiger partial charge in [0.25, 0.3) is 5.91 Å². The maximum atomic E-state index is 12.5. The molecular weight excluding hydrogens is 258 g/mol. The average molecular weight is 279 g/mol. The van der Waals surface area contributed by atoms with Crippen molar-refractivity contribution in [3.8, 4) is 5.75 Å². The van der Waals surface area contributed by atoms with Crippen LogP contribution in [0.3, 0.4) is 0 Å². The molecule has 1 amide bonds. The average Bonchev–Trinajstić information content (AvgIpc) is 2.53. The van der Waals surface area contributed by atoms with Crippen molar-refractivity contribution in [2.24, 2.45) is 0 Å². The highest BCUT2D eigenvalue weighted by atomic mass is 16.5. The van der Waals surface area contributed by atoms with E-state index in [4.69, 9.17) is 9.47 Å². The van der Waals surface area contributed by atoms with E-state index in [-0.39, 0.29) is 18.6 Å². The van der Waals surface area contributed by atoms with Gasteiger partial charge < -0.3 is 19.5 Å². The lowest BCUT2D eigenvalue weighted by molar-refractivity contribution is -0.149. The molecule has 0 aliphatic carbocycles. The molecule has 1 N–H and O–H groups in total. The highest BCUT2D eigenvalue weighted by Gasteiger charge is 2.32. The van der Waals surface area contributed by atoms with Crippen molar-refractivity contribution < 1.29 is 19.4 Å². The molecule has 2 unspecified atom stereocenters. The van der Waals surface area contributed by atoms with E-state index in [1.165, 1.54) is 0 Å². The van der Waals surface area contributed by atoms with E-state index < -0.39 is 6.10 Å². The summed E-state index contributed by atoms with van der Waals surface area (Å²) in [6.07, 6.45) is 0.0630. The van der Waals surface area contributed by atoms with Gasteiger partial charge in [-0.25, -0.2) is 0 Å². The van der Waals surface area contributed by atoms with E-state index in [1.54, 1.807) is 4.90 Å². The van der Waals surface area contributed by atoms with Crippen LogP contribution in [0.1, 0.15) is 13.3 Å². The Labute approximate surface area is 119 Å². The fourth-order valence-corrected chi connectivity index (χ4v) is 2.25. The molecule has 0 saturated carbocycles. The molecule has 1 heterocycles. The van der Waals surface area contributed by atoms with Gasteiger partial charge in [-0.1, -0.05) is 25.1 Å². The van der Waals surface area contributed by atoms with Gasteiger partial charge in [-0.05, 0) is 18.6 Å². The Balaban J connectivity index is 2.04. The Morgan fingerprint density at radius 2 is 2.25 bits per heavy atom. The smallest absolute Gasteiger partial charge is 0.264 e. The highest BCUT2D eigenvalue weighted by molar-refractivity contribution is 5.81. The first-order valence-electron chi connectivity index (χ1n) is 6.97. The van der Waals surface area contributed by atoms with Crippen LogP contribution in [0.15, 0.2) is 30.3 Å². The molecule has 5 heteroatoms. The van der Waals surface area contributed by atoms with Crippen LogP contribution in [0, 0.1) is 0 Å². The van der Waals surface area contributed by atoms with E-state index >= 15 is 0 Å². The van der Waals surface area contributed by atoms with Gasteiger partial charge in [0, 0.05) is 6.54 Å². The van der Waals surface area contributed by atoms with Gasteiger partial charge in [-0.2, -0.15) is 0 Å². The van der Waals surface area contributed by atoms with Crippen LogP contribution in [-0.2, 0) is 9.53 Å². The molecule has 110 valence electrons. The first kappa shape index (κ1) is 14.8. The molecule has 1 aromatic carbocycles. The molecule has 1 aliphatic heterocycles. The minimum atomic E-state index is -0.524. The largest absolute Gasteiger partial charge is 0.481 e. The predicted octanol–water partition coefficient (Wildman–Crippen LogP) is 1.06. The molecule has 1 aromatic rings. The number of ether oxygens (including phenoxy) is 2. The Morgan fingerprint density at radius 1 is 1.50 bits per heavy atom. The second kappa shape index (κ2) is 7.26. The lowest BCUT2D eigenvalue weighted by atomic mass is 10.1. The van der Waals surface area contributed by atoms with Crippen LogP contribution in [-0.4, -0.2) is 54.4 Å². The second-order valence-corrected chi connectivity index (χ2v) is 4.77. The van der Waals surface area contributed by atoms with E-state index in [2.05, 4.69) is 0 Å². The first-order valence-corrected chi connectivity index (χ1v) is 6.97. The molecule has 1 fully saturated rings. The number of rotatable bonds is 5. The fourth-order valence-electron chi connectivity index (χ4n) is 2.25. The van der Waals surface area contributed by atoms with Crippen LogP contribution in [0.4, 0.5) is 0 Å². The minimum Gasteiger partial charge on any atom is -0.481 e. The van der Waals surface area contributed by atoms with E-state index in [1.807, 2.05) is 37.3 Å². The number of aliphatic hydroxyl groups excluding tert-OH is 1. The number of morpholine rings is 1. The van der Waals surface area contributed by atoms with Crippen molar-refractivity contribution in [3.05, 3.63) is 30.3 Å². The summed E-state index contributed by atoms with van der Waals surface area (Å²) in [6.45, 7) is 3.21. The molecule has 0 bridgehead atoms. The normalized spacial score (nSPS) is 20.5. The van der Waals surface area contributed by atoms with Crippen LogP contribution in [0.2, 0.25) is 0 Å². The fraction of sp³-hybridized carbons (Fsp3) is 0.533. The van der Waals surface area contributed by atoms with E-state index in [0.29, 0.717) is 31.9 Å². The molecule has 2 rings (SSSR count). The van der Waals surface area contributed by atoms with Crippen molar-refractivity contribution in [2.75, 3.05) is 26.4 Å². The quantitative estimate of drug-likeness (QED) is 0.875. The number of para-hydroxylation sites is 1. The van der Waals surface area contributed by atoms with Crippen LogP contribution in [0.5, 0.6) is 5.75 Å². The maximum Gasteiger partial charge on any atom is 0.264 e. The number of aliphatic hydroxyl groups is 1. The summed E-state index contributed by atoms with van der Waals surface area (Å²) in [4.78, 5) is 14.2. The Hall–Kier alpha value is -1.59. The molecule has 0 radical (unpaired) electrons. The van der Waals surface area contributed by atoms with E-state index in [0.717, 1.165) is 0 Å². The maximum absolute atomic E-state index is 12.5. The summed E-state index contributed by atoms with van der Waals surface area (Å²) in [5, 5.41) is 9.34. The Kier molecular flexibility index (Phi) is 5.38. The van der Waals surface area contributed by atoms with Gasteiger partial charge in [0.1, 0.15) is 5.75 Å². The zero-order valence-electron chi connectivity index (χ0n) is 11.7. The SMILES string of the molecule is CCC(Oc1ccccc1)C(=O)N1CCOCC1CO. The second-order valence-electron chi connectivity index (χ2n) is 4.77. The summed E-state index contributed by atoms with van der Waals surface area (Å²) in [7, 11) is 0. The molecule has 1 aliphatic rings. The van der Waals surface area contributed by atoms with Gasteiger partial charge in [0.2, 0.25) is 0 Å². The Morgan fingerprint density at radius 3 is 2.90 bits per heavy atom. The van der Waals surface area contributed by atoms with Crippen LogP contribution >= 0.6 is 0 Å². The van der Waals surface area contributed by atoms with Gasteiger partial charge >= 0.3 is 0 Å². The van der Waals surface area contributed by atoms with Crippen LogP contribution in [0.25, 0.3) is 0 Å². The number of hydrogen-bond acceptors (Lipinski definition) is 4. The monoisotopic (exact) mass is 279 g/mol. The topological polar surface area (TPSA) is 59.0 Å². The third-order valence-corrected chi connectivity index (χ3v) is 3.39. The standard InChI is InChI=1S/C15H21NO4/c1-2-14(20-13-6-4-3-5-7-13)15(18)16-8-9-19-11-12(16)10-17/h3-7,12,14,17H,2,8-11H2,1H3. The highest BCUT2D eigenvalue weighted by Crippen LogP contribution is 2.16. The Bertz CT molecular complexity index is 423. The number of benzene rings is 1. The third-order valence-electron chi connectivity index (χ3n) is 3.39. The van der Waals surface area contributed by atoms with Crippen molar-refractivity contribution in [2.45, 2.75) is 25.5 Å². The molecule has 20 heavy (non-hydrogen) atoms. The van der Waals surface area contributed by atoms with E-state index in [9.17, 15) is 9.90 Å². The van der Waals surface area contributed by atoms with Crippen LogP contribution < -0.4 is 4.74 Å². The number of hydrogen-bond donors (Lipinski definition) is 1.